The van der Waals surface area contributed by atoms with Gasteiger partial charge in [-0.25, -0.2) is 9.37 Å². The monoisotopic (exact) mass is 293 g/mol. The van der Waals surface area contributed by atoms with Crippen molar-refractivity contribution < 1.29 is 4.39 Å². The van der Waals surface area contributed by atoms with Crippen LogP contribution < -0.4 is 5.73 Å². The number of benzene rings is 1. The first-order chi connectivity index (χ1) is 10.6. The van der Waals surface area contributed by atoms with Crippen molar-refractivity contribution in [3.63, 3.8) is 0 Å². The normalized spacial score (nSPS) is 10.4. The molecule has 22 heavy (non-hydrogen) atoms. The standard InChI is InChI=1S/C16H12FN5/c1-10-5-4-8-14(20-10)22-16(19)12(9-18)15(21-22)11-6-2-3-7-13(11)17/h2-8H,19H2,1H3. The lowest BCUT2D eigenvalue weighted by atomic mass is 10.1. The molecule has 5 nitrogen and oxygen atoms in total. The van der Waals surface area contributed by atoms with Gasteiger partial charge in [0.15, 0.2) is 5.82 Å². The van der Waals surface area contributed by atoms with E-state index < -0.39 is 5.82 Å². The van der Waals surface area contributed by atoms with E-state index >= 15 is 0 Å². The number of pyridine rings is 1. The van der Waals surface area contributed by atoms with Gasteiger partial charge in [0.05, 0.1) is 0 Å². The third-order valence-electron chi connectivity index (χ3n) is 3.25. The highest BCUT2D eigenvalue weighted by Gasteiger charge is 2.20. The van der Waals surface area contributed by atoms with E-state index in [1.54, 1.807) is 24.3 Å². The molecule has 3 rings (SSSR count). The maximum atomic E-state index is 14.0. The molecule has 2 heterocycles. The Bertz CT molecular complexity index is 892. The minimum absolute atomic E-state index is 0.133. The predicted octanol–water partition coefficient (Wildman–Crippen LogP) is 2.84. The van der Waals surface area contributed by atoms with E-state index in [-0.39, 0.29) is 22.6 Å². The number of aromatic nitrogens is 3. The number of nitrogen functional groups attached to an aromatic ring is 1. The Labute approximate surface area is 126 Å². The van der Waals surface area contributed by atoms with Gasteiger partial charge < -0.3 is 5.73 Å². The first-order valence-corrected chi connectivity index (χ1v) is 6.59. The Morgan fingerprint density at radius 2 is 1.95 bits per heavy atom. The number of rotatable bonds is 2. The van der Waals surface area contributed by atoms with Gasteiger partial charge in [-0.15, -0.1) is 0 Å². The van der Waals surface area contributed by atoms with E-state index in [0.717, 1.165) is 5.69 Å². The first kappa shape index (κ1) is 13.8. The smallest absolute Gasteiger partial charge is 0.156 e. The van der Waals surface area contributed by atoms with Crippen LogP contribution in [0.4, 0.5) is 10.2 Å². The van der Waals surface area contributed by atoms with Crippen LogP contribution in [0.5, 0.6) is 0 Å². The third kappa shape index (κ3) is 2.19. The topological polar surface area (TPSA) is 80.5 Å². The van der Waals surface area contributed by atoms with Crippen LogP contribution in [0.15, 0.2) is 42.5 Å². The molecule has 108 valence electrons. The lowest BCUT2D eigenvalue weighted by Crippen LogP contribution is -2.05. The number of nitrogens with zero attached hydrogens (tertiary/aromatic N) is 4. The minimum Gasteiger partial charge on any atom is -0.382 e. The molecule has 2 N–H and O–H groups in total. The molecule has 1 aromatic carbocycles. The summed E-state index contributed by atoms with van der Waals surface area (Å²) in [6, 6.07) is 13.5. The molecule has 0 aliphatic rings. The molecule has 0 bridgehead atoms. The van der Waals surface area contributed by atoms with Crippen molar-refractivity contribution in [2.24, 2.45) is 0 Å². The van der Waals surface area contributed by atoms with Gasteiger partial charge in [0.1, 0.15) is 29.0 Å². The van der Waals surface area contributed by atoms with Gasteiger partial charge in [-0.3, -0.25) is 0 Å². The summed E-state index contributed by atoms with van der Waals surface area (Å²) in [6.45, 7) is 1.84. The molecule has 0 aliphatic heterocycles. The van der Waals surface area contributed by atoms with Crippen molar-refractivity contribution in [3.8, 4) is 23.1 Å². The van der Waals surface area contributed by atoms with E-state index in [4.69, 9.17) is 5.73 Å². The summed E-state index contributed by atoms with van der Waals surface area (Å²) >= 11 is 0. The Balaban J connectivity index is 2.25. The van der Waals surface area contributed by atoms with Gasteiger partial charge in [0.25, 0.3) is 0 Å². The summed E-state index contributed by atoms with van der Waals surface area (Å²) in [7, 11) is 0. The van der Waals surface area contributed by atoms with E-state index in [1.165, 1.54) is 10.7 Å². The van der Waals surface area contributed by atoms with Crippen LogP contribution in [-0.4, -0.2) is 14.8 Å². The van der Waals surface area contributed by atoms with Gasteiger partial charge in [-0.05, 0) is 31.2 Å². The van der Waals surface area contributed by atoms with Crippen LogP contribution in [0.25, 0.3) is 17.1 Å². The molecule has 0 aliphatic carbocycles. The SMILES string of the molecule is Cc1cccc(-n2nc(-c3ccccc3F)c(C#N)c2N)n1. The number of nitriles is 1. The van der Waals surface area contributed by atoms with E-state index in [0.29, 0.717) is 5.82 Å². The van der Waals surface area contributed by atoms with E-state index in [9.17, 15) is 9.65 Å². The molecule has 0 spiro atoms. The van der Waals surface area contributed by atoms with E-state index in [2.05, 4.69) is 10.1 Å². The summed E-state index contributed by atoms with van der Waals surface area (Å²) in [5.41, 5.74) is 7.37. The van der Waals surface area contributed by atoms with Gasteiger partial charge in [-0.1, -0.05) is 18.2 Å². The molecule has 0 atom stereocenters. The largest absolute Gasteiger partial charge is 0.382 e. The lowest BCUT2D eigenvalue weighted by Gasteiger charge is -2.03. The Hall–Kier alpha value is -3.20. The summed E-state index contributed by atoms with van der Waals surface area (Å²) in [5, 5.41) is 13.6. The van der Waals surface area contributed by atoms with Crippen LogP contribution in [0, 0.1) is 24.1 Å². The van der Waals surface area contributed by atoms with Crippen molar-refractivity contribution in [2.75, 3.05) is 5.73 Å². The average Bonchev–Trinajstić information content (AvgIpc) is 2.84. The molecule has 3 aromatic rings. The van der Waals surface area contributed by atoms with Crippen molar-refractivity contribution in [1.82, 2.24) is 14.8 Å². The fourth-order valence-corrected chi connectivity index (χ4v) is 2.20. The average molecular weight is 293 g/mol. The minimum atomic E-state index is -0.458. The number of aryl methyl sites for hydroxylation is 1. The van der Waals surface area contributed by atoms with Crippen molar-refractivity contribution in [3.05, 3.63) is 59.5 Å². The van der Waals surface area contributed by atoms with Gasteiger partial charge in [-0.2, -0.15) is 15.0 Å². The summed E-state index contributed by atoms with van der Waals surface area (Å²) in [4.78, 5) is 4.33. The second kappa shape index (κ2) is 5.30. The quantitative estimate of drug-likeness (QED) is 0.787. The fraction of sp³-hybridized carbons (Fsp3) is 0.0625. The number of halogens is 1. The molecule has 6 heteroatoms. The fourth-order valence-electron chi connectivity index (χ4n) is 2.20. The highest BCUT2D eigenvalue weighted by molar-refractivity contribution is 5.73. The van der Waals surface area contributed by atoms with Crippen LogP contribution >= 0.6 is 0 Å². The van der Waals surface area contributed by atoms with Crippen LogP contribution in [-0.2, 0) is 0 Å². The Morgan fingerprint density at radius 1 is 1.18 bits per heavy atom. The molecule has 0 radical (unpaired) electrons. The van der Waals surface area contributed by atoms with Gasteiger partial charge >= 0.3 is 0 Å². The van der Waals surface area contributed by atoms with Crippen LogP contribution in [0.2, 0.25) is 0 Å². The molecule has 0 amide bonds. The Kier molecular flexibility index (Phi) is 3.31. The molecule has 0 saturated heterocycles. The maximum absolute atomic E-state index is 14.0. The molecular weight excluding hydrogens is 281 g/mol. The molecule has 0 saturated carbocycles. The molecule has 2 aromatic heterocycles. The number of hydrogen-bond donors (Lipinski definition) is 1. The van der Waals surface area contributed by atoms with Crippen LogP contribution in [0.3, 0.4) is 0 Å². The highest BCUT2D eigenvalue weighted by atomic mass is 19.1. The van der Waals surface area contributed by atoms with Gasteiger partial charge in [0.2, 0.25) is 0 Å². The predicted molar refractivity (Wildman–Crippen MR) is 80.6 cm³/mol. The maximum Gasteiger partial charge on any atom is 0.156 e. The summed E-state index contributed by atoms with van der Waals surface area (Å²) in [5.74, 6) is 0.163. The Morgan fingerprint density at radius 3 is 2.64 bits per heavy atom. The highest BCUT2D eigenvalue weighted by Crippen LogP contribution is 2.29. The van der Waals surface area contributed by atoms with Crippen molar-refractivity contribution in [2.45, 2.75) is 6.92 Å². The third-order valence-corrected chi connectivity index (χ3v) is 3.25. The zero-order chi connectivity index (χ0) is 15.7. The van der Waals surface area contributed by atoms with E-state index in [1.807, 2.05) is 25.1 Å². The molecular formula is C16H12FN5. The molecule has 0 fully saturated rings. The van der Waals surface area contributed by atoms with Gasteiger partial charge in [0, 0.05) is 11.3 Å². The van der Waals surface area contributed by atoms with Crippen molar-refractivity contribution in [1.29, 1.82) is 5.26 Å². The number of anilines is 1. The zero-order valence-electron chi connectivity index (χ0n) is 11.8. The second-order valence-corrected chi connectivity index (χ2v) is 4.75. The first-order valence-electron chi connectivity index (χ1n) is 6.59. The second-order valence-electron chi connectivity index (χ2n) is 4.75. The summed E-state index contributed by atoms with van der Waals surface area (Å²) in [6.07, 6.45) is 0. The number of hydrogen-bond acceptors (Lipinski definition) is 4. The zero-order valence-corrected chi connectivity index (χ0v) is 11.8. The van der Waals surface area contributed by atoms with Crippen LogP contribution in [0.1, 0.15) is 11.3 Å². The number of nitrogens with two attached hydrogens (primary N) is 1. The molecule has 0 unspecified atom stereocenters. The summed E-state index contributed by atoms with van der Waals surface area (Å²) < 4.78 is 15.3. The lowest BCUT2D eigenvalue weighted by molar-refractivity contribution is 0.630. The van der Waals surface area contributed by atoms with Crippen molar-refractivity contribution >= 4 is 5.82 Å².